The summed E-state index contributed by atoms with van der Waals surface area (Å²) < 4.78 is 0. The summed E-state index contributed by atoms with van der Waals surface area (Å²) in [5.41, 5.74) is 9.78. The van der Waals surface area contributed by atoms with Crippen molar-refractivity contribution >= 4 is 17.8 Å². The topological polar surface area (TPSA) is 136 Å². The van der Waals surface area contributed by atoms with Crippen LogP contribution in [0.25, 0.3) is 0 Å². The second kappa shape index (κ2) is 5.13. The van der Waals surface area contributed by atoms with E-state index >= 15 is 0 Å². The third-order valence-corrected chi connectivity index (χ3v) is 3.19. The Bertz CT molecular complexity index is 333. The zero-order valence-corrected chi connectivity index (χ0v) is 9.44. The molecule has 0 unspecified atom stereocenters. The van der Waals surface area contributed by atoms with Crippen LogP contribution in [-0.4, -0.2) is 35.5 Å². The third-order valence-electron chi connectivity index (χ3n) is 3.19. The van der Waals surface area contributed by atoms with Gasteiger partial charge in [-0.1, -0.05) is 6.42 Å². The molecule has 1 atom stereocenters. The number of hydrogen-bond donors (Lipinski definition) is 4. The summed E-state index contributed by atoms with van der Waals surface area (Å²) in [6.45, 7) is 0.182. The van der Waals surface area contributed by atoms with E-state index in [-0.39, 0.29) is 6.54 Å². The van der Waals surface area contributed by atoms with E-state index < -0.39 is 35.7 Å². The van der Waals surface area contributed by atoms with E-state index in [0.717, 1.165) is 6.42 Å². The van der Waals surface area contributed by atoms with Crippen LogP contribution in [0.3, 0.4) is 0 Å². The molecule has 17 heavy (non-hydrogen) atoms. The molecular formula is C10H17N3O4. The van der Waals surface area contributed by atoms with Crippen LogP contribution in [0.1, 0.15) is 25.7 Å². The molecule has 1 aliphatic carbocycles. The van der Waals surface area contributed by atoms with Gasteiger partial charge in [0, 0.05) is 6.54 Å². The van der Waals surface area contributed by atoms with Gasteiger partial charge in [0.1, 0.15) is 6.04 Å². The van der Waals surface area contributed by atoms with Crippen LogP contribution in [-0.2, 0) is 14.4 Å². The van der Waals surface area contributed by atoms with Crippen molar-refractivity contribution in [1.29, 1.82) is 0 Å². The zero-order chi connectivity index (χ0) is 13.1. The molecule has 96 valence electrons. The zero-order valence-electron chi connectivity index (χ0n) is 9.44. The lowest BCUT2D eigenvalue weighted by Crippen LogP contribution is -2.55. The average Bonchev–Trinajstić information content (AvgIpc) is 2.14. The van der Waals surface area contributed by atoms with Gasteiger partial charge in [0.25, 0.3) is 0 Å². The van der Waals surface area contributed by atoms with Gasteiger partial charge in [-0.05, 0) is 12.8 Å². The van der Waals surface area contributed by atoms with Crippen molar-refractivity contribution in [1.82, 2.24) is 5.32 Å². The van der Waals surface area contributed by atoms with Gasteiger partial charge in [0.05, 0.1) is 11.8 Å². The van der Waals surface area contributed by atoms with Crippen LogP contribution >= 0.6 is 0 Å². The summed E-state index contributed by atoms with van der Waals surface area (Å²) in [6.07, 6.45) is 1.79. The van der Waals surface area contributed by atoms with Crippen molar-refractivity contribution in [2.75, 3.05) is 6.54 Å². The van der Waals surface area contributed by atoms with Crippen LogP contribution in [0.5, 0.6) is 0 Å². The van der Waals surface area contributed by atoms with Crippen molar-refractivity contribution in [2.24, 2.45) is 16.9 Å². The molecule has 7 heteroatoms. The summed E-state index contributed by atoms with van der Waals surface area (Å²) >= 11 is 0. The van der Waals surface area contributed by atoms with Crippen molar-refractivity contribution in [3.05, 3.63) is 0 Å². The summed E-state index contributed by atoms with van der Waals surface area (Å²) in [5, 5.41) is 11.2. The van der Waals surface area contributed by atoms with Crippen molar-refractivity contribution in [3.63, 3.8) is 0 Å². The fourth-order valence-corrected chi connectivity index (χ4v) is 1.84. The highest BCUT2D eigenvalue weighted by molar-refractivity contribution is 5.90. The lowest BCUT2D eigenvalue weighted by Gasteiger charge is -2.39. The molecule has 0 bridgehead atoms. The summed E-state index contributed by atoms with van der Waals surface area (Å²) in [5.74, 6) is -2.45. The van der Waals surface area contributed by atoms with Gasteiger partial charge < -0.3 is 21.9 Å². The fraction of sp³-hybridized carbons (Fsp3) is 0.700. The van der Waals surface area contributed by atoms with Gasteiger partial charge in [-0.15, -0.1) is 0 Å². The quantitative estimate of drug-likeness (QED) is 0.453. The number of carboxylic acid groups (broad SMARTS) is 1. The molecule has 0 aromatic heterocycles. The number of primary amides is 1. The first-order chi connectivity index (χ1) is 7.91. The number of rotatable bonds is 6. The van der Waals surface area contributed by atoms with E-state index in [2.05, 4.69) is 5.32 Å². The summed E-state index contributed by atoms with van der Waals surface area (Å²) in [7, 11) is 0. The molecule has 1 rings (SSSR count). The maximum absolute atomic E-state index is 11.9. The molecule has 1 fully saturated rings. The molecule has 7 nitrogen and oxygen atoms in total. The summed E-state index contributed by atoms with van der Waals surface area (Å²) in [6, 6.07) is -1.27. The molecule has 1 aliphatic rings. The Hall–Kier alpha value is -1.63. The van der Waals surface area contributed by atoms with Gasteiger partial charge in [-0.25, -0.2) is 4.79 Å². The molecule has 6 N–H and O–H groups in total. The Morgan fingerprint density at radius 1 is 1.35 bits per heavy atom. The van der Waals surface area contributed by atoms with Gasteiger partial charge in [0.2, 0.25) is 11.8 Å². The Morgan fingerprint density at radius 3 is 2.24 bits per heavy atom. The number of aliphatic carboxylic acids is 1. The Kier molecular flexibility index (Phi) is 4.06. The summed E-state index contributed by atoms with van der Waals surface area (Å²) in [4.78, 5) is 33.4. The Balaban J connectivity index is 2.63. The second-order valence-corrected chi connectivity index (χ2v) is 4.37. The predicted molar refractivity (Wildman–Crippen MR) is 58.7 cm³/mol. The standard InChI is InChI=1S/C10H17N3O4/c11-5-10(2-1-3-10)9(17)13-6(8(15)16)4-7(12)14/h6H,1-5,11H2,(H2,12,14)(H,13,17)(H,15,16)/t6-/m1/s1. The molecule has 0 spiro atoms. The van der Waals surface area contributed by atoms with Crippen LogP contribution in [0, 0.1) is 5.41 Å². The molecular weight excluding hydrogens is 226 g/mol. The number of hydrogen-bond acceptors (Lipinski definition) is 4. The van der Waals surface area contributed by atoms with Gasteiger partial charge in [0.15, 0.2) is 0 Å². The Morgan fingerprint density at radius 2 is 1.94 bits per heavy atom. The first kappa shape index (κ1) is 13.4. The highest BCUT2D eigenvalue weighted by Gasteiger charge is 2.44. The number of carbonyl (C=O) groups excluding carboxylic acids is 2. The maximum atomic E-state index is 11.9. The number of amides is 2. The molecule has 0 aromatic rings. The normalized spacial score (nSPS) is 18.9. The number of carboxylic acids is 1. The largest absolute Gasteiger partial charge is 0.480 e. The van der Waals surface area contributed by atoms with E-state index in [1.165, 1.54) is 0 Å². The van der Waals surface area contributed by atoms with Crippen LogP contribution in [0.2, 0.25) is 0 Å². The molecule has 0 aromatic carbocycles. The van der Waals surface area contributed by atoms with Gasteiger partial charge >= 0.3 is 5.97 Å². The molecule has 0 saturated heterocycles. The van der Waals surface area contributed by atoms with Crippen molar-refractivity contribution < 1.29 is 19.5 Å². The minimum absolute atomic E-state index is 0.182. The molecule has 0 heterocycles. The van der Waals surface area contributed by atoms with Gasteiger partial charge in [-0.2, -0.15) is 0 Å². The minimum Gasteiger partial charge on any atom is -0.480 e. The first-order valence-electron chi connectivity index (χ1n) is 5.43. The second-order valence-electron chi connectivity index (χ2n) is 4.37. The molecule has 1 saturated carbocycles. The fourth-order valence-electron chi connectivity index (χ4n) is 1.84. The third kappa shape index (κ3) is 2.94. The molecule has 0 radical (unpaired) electrons. The monoisotopic (exact) mass is 243 g/mol. The highest BCUT2D eigenvalue weighted by Crippen LogP contribution is 2.40. The maximum Gasteiger partial charge on any atom is 0.326 e. The number of carbonyl (C=O) groups is 3. The van der Waals surface area contributed by atoms with Crippen molar-refractivity contribution in [2.45, 2.75) is 31.7 Å². The first-order valence-corrected chi connectivity index (χ1v) is 5.43. The van der Waals surface area contributed by atoms with E-state index in [0.29, 0.717) is 12.8 Å². The minimum atomic E-state index is -1.27. The van der Waals surface area contributed by atoms with Crippen LogP contribution in [0.15, 0.2) is 0 Å². The predicted octanol–water partition coefficient (Wildman–Crippen LogP) is -1.44. The lowest BCUT2D eigenvalue weighted by molar-refractivity contribution is -0.146. The van der Waals surface area contributed by atoms with E-state index in [9.17, 15) is 14.4 Å². The number of nitrogens with one attached hydrogen (secondary N) is 1. The van der Waals surface area contributed by atoms with E-state index in [1.807, 2.05) is 0 Å². The van der Waals surface area contributed by atoms with Crippen LogP contribution < -0.4 is 16.8 Å². The van der Waals surface area contributed by atoms with E-state index in [1.54, 1.807) is 0 Å². The lowest BCUT2D eigenvalue weighted by atomic mass is 9.68. The smallest absolute Gasteiger partial charge is 0.326 e. The SMILES string of the molecule is NCC1(C(=O)N[C@H](CC(N)=O)C(=O)O)CCC1. The molecule has 2 amide bonds. The van der Waals surface area contributed by atoms with Crippen LogP contribution in [0.4, 0.5) is 0 Å². The van der Waals surface area contributed by atoms with Gasteiger partial charge in [-0.3, -0.25) is 9.59 Å². The number of nitrogens with two attached hydrogens (primary N) is 2. The highest BCUT2D eigenvalue weighted by atomic mass is 16.4. The molecule has 0 aliphatic heterocycles. The Labute approximate surface area is 98.5 Å². The van der Waals surface area contributed by atoms with E-state index in [4.69, 9.17) is 16.6 Å². The average molecular weight is 243 g/mol. The van der Waals surface area contributed by atoms with Crippen molar-refractivity contribution in [3.8, 4) is 0 Å².